The monoisotopic (exact) mass is 313 g/mol. The molecule has 1 aromatic rings. The Morgan fingerprint density at radius 2 is 2.19 bits per heavy atom. The third-order valence-corrected chi connectivity index (χ3v) is 4.81. The summed E-state index contributed by atoms with van der Waals surface area (Å²) in [6.45, 7) is 10.5. The van der Waals surface area contributed by atoms with Crippen LogP contribution in [0.3, 0.4) is 0 Å². The van der Waals surface area contributed by atoms with Gasteiger partial charge in [0, 0.05) is 17.5 Å². The first-order valence-corrected chi connectivity index (χ1v) is 9.05. The molecule has 0 saturated carbocycles. The SMILES string of the molecule is CCCNC(C)C(c1nc(C2CSCCO2)no1)C(C)C. The van der Waals surface area contributed by atoms with Gasteiger partial charge >= 0.3 is 0 Å². The maximum atomic E-state index is 5.72. The second-order valence-electron chi connectivity index (χ2n) is 5.94. The normalized spacial score (nSPS) is 22.4. The van der Waals surface area contributed by atoms with Crippen LogP contribution in [0.15, 0.2) is 4.52 Å². The minimum Gasteiger partial charge on any atom is -0.368 e. The first kappa shape index (κ1) is 16.8. The van der Waals surface area contributed by atoms with Crippen LogP contribution in [-0.2, 0) is 4.74 Å². The zero-order chi connectivity index (χ0) is 15.2. The van der Waals surface area contributed by atoms with E-state index in [2.05, 4.69) is 43.2 Å². The average Bonchev–Trinajstić information content (AvgIpc) is 2.95. The zero-order valence-electron chi connectivity index (χ0n) is 13.5. The van der Waals surface area contributed by atoms with E-state index in [9.17, 15) is 0 Å². The van der Waals surface area contributed by atoms with E-state index in [1.54, 1.807) is 0 Å². The molecule has 2 heterocycles. The maximum Gasteiger partial charge on any atom is 0.231 e. The third-order valence-electron chi connectivity index (χ3n) is 3.82. The third kappa shape index (κ3) is 4.44. The molecule has 1 aromatic heterocycles. The number of hydrogen-bond donors (Lipinski definition) is 1. The highest BCUT2D eigenvalue weighted by molar-refractivity contribution is 7.99. The topological polar surface area (TPSA) is 60.2 Å². The van der Waals surface area contributed by atoms with Crippen molar-refractivity contribution in [2.24, 2.45) is 5.92 Å². The Kier molecular flexibility index (Phi) is 6.51. The summed E-state index contributed by atoms with van der Waals surface area (Å²) >= 11 is 1.88. The molecule has 1 fully saturated rings. The Balaban J connectivity index is 2.08. The van der Waals surface area contributed by atoms with Crippen LogP contribution in [0.25, 0.3) is 0 Å². The molecule has 0 bridgehead atoms. The molecule has 21 heavy (non-hydrogen) atoms. The number of nitrogens with one attached hydrogen (secondary N) is 1. The predicted molar refractivity (Wildman–Crippen MR) is 85.7 cm³/mol. The van der Waals surface area contributed by atoms with Gasteiger partial charge in [-0.3, -0.25) is 0 Å². The number of aromatic nitrogens is 2. The Morgan fingerprint density at radius 1 is 1.38 bits per heavy atom. The largest absolute Gasteiger partial charge is 0.368 e. The Bertz CT molecular complexity index is 419. The number of nitrogens with zero attached hydrogens (tertiary/aromatic N) is 2. The molecular weight excluding hydrogens is 286 g/mol. The van der Waals surface area contributed by atoms with Crippen LogP contribution in [0.5, 0.6) is 0 Å². The summed E-state index contributed by atoms with van der Waals surface area (Å²) in [6, 6.07) is 0.319. The Morgan fingerprint density at radius 3 is 2.81 bits per heavy atom. The molecule has 0 radical (unpaired) electrons. The van der Waals surface area contributed by atoms with Crippen molar-refractivity contribution < 1.29 is 9.26 Å². The molecule has 120 valence electrons. The van der Waals surface area contributed by atoms with Crippen molar-refractivity contribution in [1.29, 1.82) is 0 Å². The number of thioether (sulfide) groups is 1. The molecule has 0 amide bonds. The van der Waals surface area contributed by atoms with Crippen LogP contribution in [-0.4, -0.2) is 40.8 Å². The summed E-state index contributed by atoms with van der Waals surface area (Å²) in [5.41, 5.74) is 0. The van der Waals surface area contributed by atoms with Gasteiger partial charge < -0.3 is 14.6 Å². The van der Waals surface area contributed by atoms with Crippen molar-refractivity contribution in [3.8, 4) is 0 Å². The molecule has 1 aliphatic rings. The highest BCUT2D eigenvalue weighted by Gasteiger charge is 2.30. The fourth-order valence-corrected chi connectivity index (χ4v) is 3.57. The van der Waals surface area contributed by atoms with Crippen LogP contribution in [0, 0.1) is 5.92 Å². The van der Waals surface area contributed by atoms with E-state index in [1.807, 2.05) is 11.8 Å². The number of ether oxygens (including phenoxy) is 1. The minimum atomic E-state index is -0.0204. The molecule has 3 atom stereocenters. The summed E-state index contributed by atoms with van der Waals surface area (Å²) in [4.78, 5) is 4.63. The van der Waals surface area contributed by atoms with E-state index in [0.717, 1.165) is 37.0 Å². The molecule has 2 rings (SSSR count). The van der Waals surface area contributed by atoms with Gasteiger partial charge in [-0.2, -0.15) is 16.7 Å². The minimum absolute atomic E-state index is 0.0204. The van der Waals surface area contributed by atoms with Gasteiger partial charge in [-0.15, -0.1) is 0 Å². The molecule has 1 aliphatic heterocycles. The second kappa shape index (κ2) is 8.15. The lowest BCUT2D eigenvalue weighted by Crippen LogP contribution is -2.35. The highest BCUT2D eigenvalue weighted by Crippen LogP contribution is 2.30. The van der Waals surface area contributed by atoms with E-state index in [4.69, 9.17) is 9.26 Å². The van der Waals surface area contributed by atoms with E-state index in [1.165, 1.54) is 0 Å². The van der Waals surface area contributed by atoms with Gasteiger partial charge in [-0.05, 0) is 25.8 Å². The van der Waals surface area contributed by atoms with E-state index in [-0.39, 0.29) is 12.0 Å². The van der Waals surface area contributed by atoms with Crippen LogP contribution < -0.4 is 5.32 Å². The zero-order valence-corrected chi connectivity index (χ0v) is 14.3. The van der Waals surface area contributed by atoms with E-state index in [0.29, 0.717) is 17.8 Å². The van der Waals surface area contributed by atoms with Gasteiger partial charge in [0.2, 0.25) is 11.7 Å². The van der Waals surface area contributed by atoms with Crippen LogP contribution in [0.1, 0.15) is 57.9 Å². The van der Waals surface area contributed by atoms with Gasteiger partial charge in [0.1, 0.15) is 6.10 Å². The Labute approximate surface area is 131 Å². The predicted octanol–water partition coefficient (Wildman–Crippen LogP) is 3.00. The lowest BCUT2D eigenvalue weighted by Gasteiger charge is -2.25. The first-order valence-electron chi connectivity index (χ1n) is 7.89. The summed E-state index contributed by atoms with van der Waals surface area (Å²) in [7, 11) is 0. The van der Waals surface area contributed by atoms with Crippen molar-refractivity contribution >= 4 is 11.8 Å². The van der Waals surface area contributed by atoms with E-state index < -0.39 is 0 Å². The van der Waals surface area contributed by atoms with Gasteiger partial charge in [-0.1, -0.05) is 25.9 Å². The fourth-order valence-electron chi connectivity index (χ4n) is 2.73. The summed E-state index contributed by atoms with van der Waals surface area (Å²) < 4.78 is 11.3. The summed E-state index contributed by atoms with van der Waals surface area (Å²) in [6.07, 6.45) is 1.10. The molecule has 0 aromatic carbocycles. The van der Waals surface area contributed by atoms with Crippen LogP contribution in [0.2, 0.25) is 0 Å². The molecule has 1 N–H and O–H groups in total. The van der Waals surface area contributed by atoms with Crippen LogP contribution >= 0.6 is 11.8 Å². The second-order valence-corrected chi connectivity index (χ2v) is 7.09. The molecule has 1 saturated heterocycles. The van der Waals surface area contributed by atoms with Gasteiger partial charge in [0.25, 0.3) is 0 Å². The van der Waals surface area contributed by atoms with Crippen molar-refractivity contribution in [1.82, 2.24) is 15.5 Å². The lowest BCUT2D eigenvalue weighted by molar-refractivity contribution is 0.0677. The summed E-state index contributed by atoms with van der Waals surface area (Å²) in [5.74, 6) is 4.07. The average molecular weight is 313 g/mol. The standard InChI is InChI=1S/C15H27N3O2S/c1-5-6-16-11(4)13(10(2)3)15-17-14(18-20-15)12-9-21-8-7-19-12/h10-13,16H,5-9H2,1-4H3. The van der Waals surface area contributed by atoms with Gasteiger partial charge in [0.05, 0.1) is 12.5 Å². The maximum absolute atomic E-state index is 5.72. The number of hydrogen-bond acceptors (Lipinski definition) is 6. The van der Waals surface area contributed by atoms with Crippen molar-refractivity contribution in [3.63, 3.8) is 0 Å². The van der Waals surface area contributed by atoms with Crippen molar-refractivity contribution in [3.05, 3.63) is 11.7 Å². The lowest BCUT2D eigenvalue weighted by atomic mass is 9.89. The highest BCUT2D eigenvalue weighted by atomic mass is 32.2. The smallest absolute Gasteiger partial charge is 0.231 e. The number of rotatable bonds is 7. The van der Waals surface area contributed by atoms with Crippen LogP contribution in [0.4, 0.5) is 0 Å². The van der Waals surface area contributed by atoms with Crippen molar-refractivity contribution in [2.45, 2.75) is 52.2 Å². The molecule has 0 aliphatic carbocycles. The molecule has 5 nitrogen and oxygen atoms in total. The Hall–Kier alpha value is -0.590. The van der Waals surface area contributed by atoms with Gasteiger partial charge in [-0.25, -0.2) is 0 Å². The molecule has 3 unspecified atom stereocenters. The molecule has 0 spiro atoms. The molecule has 6 heteroatoms. The fraction of sp³-hybridized carbons (Fsp3) is 0.867. The van der Waals surface area contributed by atoms with E-state index >= 15 is 0 Å². The molecular formula is C15H27N3O2S. The summed E-state index contributed by atoms with van der Waals surface area (Å²) in [5, 5.41) is 7.69. The first-order chi connectivity index (χ1) is 10.1. The van der Waals surface area contributed by atoms with Crippen molar-refractivity contribution in [2.75, 3.05) is 24.7 Å². The quantitative estimate of drug-likeness (QED) is 0.835. The van der Waals surface area contributed by atoms with Gasteiger partial charge in [0.15, 0.2) is 0 Å².